The van der Waals surface area contributed by atoms with Crippen LogP contribution in [-0.4, -0.2) is 50.5 Å². The molecule has 0 aromatic carbocycles. The number of nitrogens with zero attached hydrogens (tertiary/aromatic N) is 1. The highest BCUT2D eigenvalue weighted by atomic mass is 79.9. The minimum atomic E-state index is -0.697. The molecule has 0 saturated carbocycles. The lowest BCUT2D eigenvalue weighted by atomic mass is 10.1. The van der Waals surface area contributed by atoms with Gasteiger partial charge >= 0.3 is 5.97 Å². The fraction of sp³-hybridized carbons (Fsp3) is 0.538. The van der Waals surface area contributed by atoms with Crippen molar-refractivity contribution in [2.45, 2.75) is 12.5 Å². The van der Waals surface area contributed by atoms with E-state index in [1.165, 1.54) is 0 Å². The number of hydrogen-bond acceptors (Lipinski definition) is 6. The number of carbonyl (C=O) groups excluding carboxylic acids is 1. The zero-order valence-electron chi connectivity index (χ0n) is 11.4. The Hall–Kier alpha value is -1.02. The van der Waals surface area contributed by atoms with Crippen LogP contribution in [0.25, 0.3) is 0 Å². The van der Waals surface area contributed by atoms with Gasteiger partial charge in [-0.05, 0) is 34.0 Å². The minimum absolute atomic E-state index is 0.189. The molecule has 0 aliphatic heterocycles. The molecule has 0 aliphatic carbocycles. The van der Waals surface area contributed by atoms with Gasteiger partial charge in [0.1, 0.15) is 17.3 Å². The first kappa shape index (κ1) is 17.0. The Labute approximate surface area is 126 Å². The fourth-order valence-electron chi connectivity index (χ4n) is 1.42. The zero-order chi connectivity index (χ0) is 14.8. The van der Waals surface area contributed by atoms with Gasteiger partial charge < -0.3 is 19.9 Å². The van der Waals surface area contributed by atoms with Crippen LogP contribution in [0, 0.1) is 0 Å². The maximum atomic E-state index is 11.6. The summed E-state index contributed by atoms with van der Waals surface area (Å²) in [5.74, 6) is -0.441. The fourth-order valence-corrected chi connectivity index (χ4v) is 1.65. The molecule has 1 unspecified atom stereocenters. The summed E-state index contributed by atoms with van der Waals surface area (Å²) in [5, 5.41) is 0. The van der Waals surface area contributed by atoms with Crippen LogP contribution in [0.1, 0.15) is 5.56 Å². The molecule has 7 heteroatoms. The first-order valence-electron chi connectivity index (χ1n) is 6.23. The summed E-state index contributed by atoms with van der Waals surface area (Å²) < 4.78 is 15.8. The van der Waals surface area contributed by atoms with Gasteiger partial charge in [0.05, 0.1) is 19.8 Å². The number of carbonyl (C=O) groups is 1. The monoisotopic (exact) mass is 346 g/mol. The molecule has 112 valence electrons. The molecular weight excluding hydrogens is 328 g/mol. The van der Waals surface area contributed by atoms with E-state index in [0.717, 1.165) is 10.2 Å². The third kappa shape index (κ3) is 6.95. The van der Waals surface area contributed by atoms with E-state index in [1.54, 1.807) is 19.4 Å². The summed E-state index contributed by atoms with van der Waals surface area (Å²) in [7, 11) is 1.60. The van der Waals surface area contributed by atoms with Gasteiger partial charge in [-0.25, -0.2) is 4.98 Å². The maximum absolute atomic E-state index is 11.6. The Bertz CT molecular complexity index is 400. The average molecular weight is 347 g/mol. The topological polar surface area (TPSA) is 83.7 Å². The largest absolute Gasteiger partial charge is 0.462 e. The van der Waals surface area contributed by atoms with Crippen LogP contribution in [0.2, 0.25) is 0 Å². The highest BCUT2D eigenvalue weighted by Crippen LogP contribution is 2.08. The number of aromatic nitrogens is 1. The molecule has 1 atom stereocenters. The van der Waals surface area contributed by atoms with Crippen molar-refractivity contribution in [3.05, 3.63) is 28.5 Å². The first-order valence-corrected chi connectivity index (χ1v) is 7.02. The predicted octanol–water partition coefficient (Wildman–Crippen LogP) is 0.920. The molecule has 0 aliphatic rings. The minimum Gasteiger partial charge on any atom is -0.462 e. The van der Waals surface area contributed by atoms with E-state index >= 15 is 0 Å². The Morgan fingerprint density at radius 1 is 1.35 bits per heavy atom. The SMILES string of the molecule is COCCOCCOC(=O)C(N)Cc1ccc(Br)nc1. The van der Waals surface area contributed by atoms with E-state index in [0.29, 0.717) is 26.2 Å². The van der Waals surface area contributed by atoms with E-state index in [-0.39, 0.29) is 6.61 Å². The molecule has 1 heterocycles. The van der Waals surface area contributed by atoms with Crippen LogP contribution in [0.4, 0.5) is 0 Å². The van der Waals surface area contributed by atoms with Crippen molar-refractivity contribution < 1.29 is 19.0 Å². The lowest BCUT2D eigenvalue weighted by Gasteiger charge is -2.11. The van der Waals surface area contributed by atoms with Crippen molar-refractivity contribution in [2.75, 3.05) is 33.5 Å². The molecule has 0 bridgehead atoms. The first-order chi connectivity index (χ1) is 9.63. The Morgan fingerprint density at radius 3 is 2.75 bits per heavy atom. The summed E-state index contributed by atoms with van der Waals surface area (Å²) in [5.41, 5.74) is 6.66. The second kappa shape index (κ2) is 9.82. The van der Waals surface area contributed by atoms with E-state index < -0.39 is 12.0 Å². The maximum Gasteiger partial charge on any atom is 0.323 e. The van der Waals surface area contributed by atoms with Crippen LogP contribution in [0.3, 0.4) is 0 Å². The van der Waals surface area contributed by atoms with Gasteiger partial charge in [-0.2, -0.15) is 0 Å². The summed E-state index contributed by atoms with van der Waals surface area (Å²) in [6.45, 7) is 1.52. The summed E-state index contributed by atoms with van der Waals surface area (Å²) >= 11 is 3.24. The van der Waals surface area contributed by atoms with Crippen LogP contribution in [0.15, 0.2) is 22.9 Å². The lowest BCUT2D eigenvalue weighted by Crippen LogP contribution is -2.35. The summed E-state index contributed by atoms with van der Waals surface area (Å²) in [6, 6.07) is 2.96. The molecule has 0 radical (unpaired) electrons. The highest BCUT2D eigenvalue weighted by Gasteiger charge is 2.15. The molecule has 6 nitrogen and oxygen atoms in total. The van der Waals surface area contributed by atoms with Crippen molar-refractivity contribution in [3.63, 3.8) is 0 Å². The predicted molar refractivity (Wildman–Crippen MR) is 77.3 cm³/mol. The van der Waals surface area contributed by atoms with Gasteiger partial charge in [0.2, 0.25) is 0 Å². The average Bonchev–Trinajstić information content (AvgIpc) is 2.45. The van der Waals surface area contributed by atoms with Crippen molar-refractivity contribution in [1.82, 2.24) is 4.98 Å². The quantitative estimate of drug-likeness (QED) is 0.406. The smallest absolute Gasteiger partial charge is 0.323 e. The summed E-state index contributed by atoms with van der Waals surface area (Å²) in [6.07, 6.45) is 2.06. The Balaban J connectivity index is 2.20. The normalized spacial score (nSPS) is 12.2. The molecular formula is C13H19BrN2O4. The second-order valence-electron chi connectivity index (χ2n) is 4.07. The molecule has 0 spiro atoms. The van der Waals surface area contributed by atoms with Crippen LogP contribution in [0.5, 0.6) is 0 Å². The number of nitrogens with two attached hydrogens (primary N) is 1. The Kier molecular flexibility index (Phi) is 8.36. The number of rotatable bonds is 9. The van der Waals surface area contributed by atoms with Gasteiger partial charge in [-0.1, -0.05) is 6.07 Å². The number of methoxy groups -OCH3 is 1. The van der Waals surface area contributed by atoms with Crippen LogP contribution >= 0.6 is 15.9 Å². The van der Waals surface area contributed by atoms with E-state index in [4.69, 9.17) is 19.9 Å². The molecule has 20 heavy (non-hydrogen) atoms. The Morgan fingerprint density at radius 2 is 2.10 bits per heavy atom. The number of hydrogen-bond donors (Lipinski definition) is 1. The standard InChI is InChI=1S/C13H19BrN2O4/c1-18-4-5-19-6-7-20-13(17)11(15)8-10-2-3-12(14)16-9-10/h2-3,9,11H,4-8,15H2,1H3. The van der Waals surface area contributed by atoms with E-state index in [9.17, 15) is 4.79 Å². The summed E-state index contributed by atoms with van der Waals surface area (Å²) in [4.78, 5) is 15.7. The number of pyridine rings is 1. The second-order valence-corrected chi connectivity index (χ2v) is 4.88. The molecule has 0 fully saturated rings. The van der Waals surface area contributed by atoms with Crippen molar-refractivity contribution >= 4 is 21.9 Å². The van der Waals surface area contributed by atoms with E-state index in [1.807, 2.05) is 6.07 Å². The number of esters is 1. The van der Waals surface area contributed by atoms with Gasteiger partial charge in [-0.15, -0.1) is 0 Å². The molecule has 1 aromatic rings. The number of halogens is 1. The molecule has 2 N–H and O–H groups in total. The third-order valence-electron chi connectivity index (χ3n) is 2.45. The van der Waals surface area contributed by atoms with Gasteiger partial charge in [0, 0.05) is 13.3 Å². The molecule has 1 rings (SSSR count). The van der Waals surface area contributed by atoms with Crippen molar-refractivity contribution in [3.8, 4) is 0 Å². The van der Waals surface area contributed by atoms with Gasteiger partial charge in [0.15, 0.2) is 0 Å². The van der Waals surface area contributed by atoms with Crippen LogP contribution < -0.4 is 5.73 Å². The lowest BCUT2D eigenvalue weighted by molar-refractivity contribution is -0.146. The van der Waals surface area contributed by atoms with Crippen LogP contribution in [-0.2, 0) is 25.4 Å². The van der Waals surface area contributed by atoms with Gasteiger partial charge in [-0.3, -0.25) is 4.79 Å². The van der Waals surface area contributed by atoms with E-state index in [2.05, 4.69) is 20.9 Å². The highest BCUT2D eigenvalue weighted by molar-refractivity contribution is 9.10. The van der Waals surface area contributed by atoms with Gasteiger partial charge in [0.25, 0.3) is 0 Å². The molecule has 0 amide bonds. The van der Waals surface area contributed by atoms with Crippen molar-refractivity contribution in [1.29, 1.82) is 0 Å². The number of ether oxygens (including phenoxy) is 3. The van der Waals surface area contributed by atoms with Crippen molar-refractivity contribution in [2.24, 2.45) is 5.73 Å². The molecule has 0 saturated heterocycles. The third-order valence-corrected chi connectivity index (χ3v) is 2.92. The molecule has 1 aromatic heterocycles. The zero-order valence-corrected chi connectivity index (χ0v) is 13.0.